The summed E-state index contributed by atoms with van der Waals surface area (Å²) < 4.78 is 52.4. The molecule has 0 aliphatic carbocycles. The van der Waals surface area contributed by atoms with Crippen molar-refractivity contribution in [1.29, 1.82) is 5.26 Å². The first-order chi connectivity index (χ1) is 14.7. The molecule has 2 aromatic carbocycles. The summed E-state index contributed by atoms with van der Waals surface area (Å²) in [5.74, 6) is -1.98. The summed E-state index contributed by atoms with van der Waals surface area (Å²) in [5, 5.41) is 12.1. The second-order valence-corrected chi connectivity index (χ2v) is 6.36. The van der Waals surface area contributed by atoms with E-state index in [0.717, 1.165) is 12.1 Å². The average Bonchev–Trinajstić information content (AvgIpc) is 2.73. The molecule has 0 spiro atoms. The minimum atomic E-state index is -4.77. The molecular formula is C24H18F4N2O. The Kier molecular flexibility index (Phi) is 7.70. The summed E-state index contributed by atoms with van der Waals surface area (Å²) in [6.45, 7) is 7.33. The van der Waals surface area contributed by atoms with E-state index in [-0.39, 0.29) is 5.56 Å². The van der Waals surface area contributed by atoms with E-state index < -0.39 is 35.1 Å². The fourth-order valence-electron chi connectivity index (χ4n) is 2.81. The van der Waals surface area contributed by atoms with Gasteiger partial charge < -0.3 is 5.32 Å². The molecule has 3 nitrogen and oxygen atoms in total. The number of amides is 1. The molecule has 1 amide bonds. The maximum Gasteiger partial charge on any atom is 0.416 e. The molecule has 0 fully saturated rings. The number of hydrogen-bond donors (Lipinski definition) is 1. The van der Waals surface area contributed by atoms with Crippen molar-refractivity contribution in [3.05, 3.63) is 114 Å². The van der Waals surface area contributed by atoms with Crippen molar-refractivity contribution in [3.63, 3.8) is 0 Å². The molecule has 0 heterocycles. The van der Waals surface area contributed by atoms with Crippen LogP contribution in [0.2, 0.25) is 0 Å². The third-order valence-corrected chi connectivity index (χ3v) is 4.21. The Balaban J connectivity index is 2.44. The minimum absolute atomic E-state index is 0.263. The average molecular weight is 426 g/mol. The topological polar surface area (TPSA) is 52.9 Å². The fraction of sp³-hybridized carbons (Fsp3) is 0.0833. The molecule has 2 rings (SSSR count). The Morgan fingerprint density at radius 3 is 2.35 bits per heavy atom. The van der Waals surface area contributed by atoms with Gasteiger partial charge >= 0.3 is 6.18 Å². The zero-order chi connectivity index (χ0) is 23.0. The van der Waals surface area contributed by atoms with E-state index in [0.29, 0.717) is 23.3 Å². The van der Waals surface area contributed by atoms with Gasteiger partial charge in [-0.3, -0.25) is 4.79 Å². The summed E-state index contributed by atoms with van der Waals surface area (Å²) in [5.41, 5.74) is -0.702. The van der Waals surface area contributed by atoms with Crippen LogP contribution in [0.3, 0.4) is 0 Å². The highest BCUT2D eigenvalue weighted by molar-refractivity contribution is 6.02. The van der Waals surface area contributed by atoms with Crippen molar-refractivity contribution >= 4 is 12.0 Å². The van der Waals surface area contributed by atoms with Gasteiger partial charge in [-0.1, -0.05) is 61.7 Å². The van der Waals surface area contributed by atoms with E-state index in [9.17, 15) is 27.6 Å². The summed E-state index contributed by atoms with van der Waals surface area (Å²) >= 11 is 0. The van der Waals surface area contributed by atoms with Crippen molar-refractivity contribution in [2.45, 2.75) is 12.2 Å². The van der Waals surface area contributed by atoms with Crippen LogP contribution in [0.1, 0.15) is 22.7 Å². The lowest BCUT2D eigenvalue weighted by Crippen LogP contribution is -2.30. The molecule has 0 bridgehead atoms. The first-order valence-corrected chi connectivity index (χ1v) is 9.00. The zero-order valence-electron chi connectivity index (χ0n) is 16.3. The van der Waals surface area contributed by atoms with Crippen molar-refractivity contribution in [2.75, 3.05) is 0 Å². The van der Waals surface area contributed by atoms with Gasteiger partial charge in [-0.2, -0.15) is 18.4 Å². The lowest BCUT2D eigenvalue weighted by molar-refractivity contribution is -0.137. The quantitative estimate of drug-likeness (QED) is 0.259. The molecule has 158 valence electrons. The standard InChI is InChI=1S/C24H18F4N2O/c1-3-8-17(4-2)22(18-9-6-5-7-10-18)30-23(31)19(15-29)11-16-12-20(24(26,27)28)14-21(25)13-16/h3-14,22H,1-2H2,(H,30,31)/b17-8+,19-11+. The van der Waals surface area contributed by atoms with E-state index in [4.69, 9.17) is 0 Å². The highest BCUT2D eigenvalue weighted by atomic mass is 19.4. The van der Waals surface area contributed by atoms with Gasteiger partial charge in [-0.15, -0.1) is 0 Å². The summed E-state index contributed by atoms with van der Waals surface area (Å²) in [4.78, 5) is 12.7. The van der Waals surface area contributed by atoms with Crippen molar-refractivity contribution in [3.8, 4) is 6.07 Å². The molecule has 0 radical (unpaired) electrons. The van der Waals surface area contributed by atoms with Crippen LogP contribution in [-0.4, -0.2) is 5.91 Å². The Labute approximate surface area is 177 Å². The SMILES string of the molecule is C=C/C=C(\C=C)C(NC(=O)/C(C#N)=C/c1cc(F)cc(C(F)(F)F)c1)c1ccccc1. The molecule has 31 heavy (non-hydrogen) atoms. The van der Waals surface area contributed by atoms with Gasteiger partial charge in [-0.25, -0.2) is 4.39 Å². The van der Waals surface area contributed by atoms with E-state index in [1.807, 2.05) is 0 Å². The molecule has 0 saturated carbocycles. The molecule has 2 aromatic rings. The second-order valence-electron chi connectivity index (χ2n) is 6.36. The predicted octanol–water partition coefficient (Wildman–Crippen LogP) is 5.91. The van der Waals surface area contributed by atoms with Crippen LogP contribution in [0.15, 0.2) is 91.1 Å². The molecule has 0 aromatic heterocycles. The number of alkyl halides is 3. The summed E-state index contributed by atoms with van der Waals surface area (Å²) in [7, 11) is 0. The number of rotatable bonds is 7. The normalized spacial score (nSPS) is 13.1. The zero-order valence-corrected chi connectivity index (χ0v) is 16.3. The predicted molar refractivity (Wildman–Crippen MR) is 111 cm³/mol. The number of nitrogens with zero attached hydrogens (tertiary/aromatic N) is 1. The highest BCUT2D eigenvalue weighted by Crippen LogP contribution is 2.31. The molecule has 7 heteroatoms. The summed E-state index contributed by atoms with van der Waals surface area (Å²) in [6, 6.07) is 11.6. The van der Waals surface area contributed by atoms with Crippen LogP contribution < -0.4 is 5.32 Å². The molecule has 1 unspecified atom stereocenters. The number of nitrogens with one attached hydrogen (secondary N) is 1. The van der Waals surface area contributed by atoms with E-state index >= 15 is 0 Å². The Morgan fingerprint density at radius 2 is 1.81 bits per heavy atom. The maximum atomic E-state index is 13.6. The molecular weight excluding hydrogens is 408 g/mol. The van der Waals surface area contributed by atoms with E-state index in [2.05, 4.69) is 18.5 Å². The van der Waals surface area contributed by atoms with Gasteiger partial charge in [0.05, 0.1) is 11.6 Å². The van der Waals surface area contributed by atoms with Gasteiger partial charge in [0.25, 0.3) is 5.91 Å². The van der Waals surface area contributed by atoms with Crippen molar-refractivity contribution < 1.29 is 22.4 Å². The van der Waals surface area contributed by atoms with Crippen LogP contribution in [0.5, 0.6) is 0 Å². The monoisotopic (exact) mass is 426 g/mol. The number of carbonyl (C=O) groups is 1. The van der Waals surface area contributed by atoms with Gasteiger partial charge in [-0.05, 0) is 41.0 Å². The van der Waals surface area contributed by atoms with Crippen LogP contribution in [0.4, 0.5) is 17.6 Å². The smallest absolute Gasteiger partial charge is 0.340 e. The molecule has 0 aliphatic heterocycles. The Morgan fingerprint density at radius 1 is 1.13 bits per heavy atom. The molecule has 0 aliphatic rings. The van der Waals surface area contributed by atoms with Crippen LogP contribution in [-0.2, 0) is 11.0 Å². The Bertz CT molecular complexity index is 1080. The first kappa shape index (κ1) is 23.4. The van der Waals surface area contributed by atoms with Gasteiger partial charge in [0.15, 0.2) is 0 Å². The van der Waals surface area contributed by atoms with Crippen LogP contribution in [0, 0.1) is 17.1 Å². The first-order valence-electron chi connectivity index (χ1n) is 9.00. The lowest BCUT2D eigenvalue weighted by Gasteiger charge is -2.20. The number of carbonyl (C=O) groups excluding carboxylic acids is 1. The van der Waals surface area contributed by atoms with E-state index in [1.165, 1.54) is 12.2 Å². The van der Waals surface area contributed by atoms with Gasteiger partial charge in [0.1, 0.15) is 17.5 Å². The maximum absolute atomic E-state index is 13.6. The fourth-order valence-corrected chi connectivity index (χ4v) is 2.81. The molecule has 1 N–H and O–H groups in total. The van der Waals surface area contributed by atoms with E-state index in [1.54, 1.807) is 42.5 Å². The number of benzene rings is 2. The third kappa shape index (κ3) is 6.28. The molecule has 0 saturated heterocycles. The third-order valence-electron chi connectivity index (χ3n) is 4.21. The number of halogens is 4. The lowest BCUT2D eigenvalue weighted by atomic mass is 9.97. The van der Waals surface area contributed by atoms with Crippen molar-refractivity contribution in [1.82, 2.24) is 5.32 Å². The largest absolute Gasteiger partial charge is 0.416 e. The number of hydrogen-bond acceptors (Lipinski definition) is 2. The number of nitriles is 1. The molecule has 1 atom stereocenters. The minimum Gasteiger partial charge on any atom is -0.340 e. The van der Waals surface area contributed by atoms with Gasteiger partial charge in [0.2, 0.25) is 0 Å². The second kappa shape index (κ2) is 10.2. The number of allylic oxidation sites excluding steroid dienone is 2. The van der Waals surface area contributed by atoms with Gasteiger partial charge in [0, 0.05) is 0 Å². The van der Waals surface area contributed by atoms with Crippen molar-refractivity contribution in [2.24, 2.45) is 0 Å². The van der Waals surface area contributed by atoms with Crippen LogP contribution >= 0.6 is 0 Å². The summed E-state index contributed by atoms with van der Waals surface area (Å²) in [6.07, 6.45) is 0.777. The Hall–Kier alpha value is -3.92. The highest BCUT2D eigenvalue weighted by Gasteiger charge is 2.31. The van der Waals surface area contributed by atoms with Crippen LogP contribution in [0.25, 0.3) is 6.08 Å².